The molecule has 1 amide bonds. The molecule has 0 aromatic carbocycles. The van der Waals surface area contributed by atoms with E-state index in [1.165, 1.54) is 0 Å². The molecule has 2 N–H and O–H groups in total. The van der Waals surface area contributed by atoms with Crippen LogP contribution in [0.1, 0.15) is 19.3 Å². The van der Waals surface area contributed by atoms with E-state index in [0.717, 1.165) is 32.5 Å². The Balaban J connectivity index is 1.78. The van der Waals surface area contributed by atoms with Crippen molar-refractivity contribution in [2.45, 2.75) is 25.4 Å². The van der Waals surface area contributed by atoms with Crippen molar-refractivity contribution >= 4 is 5.91 Å². The number of aliphatic hydroxyl groups is 1. The summed E-state index contributed by atoms with van der Waals surface area (Å²) < 4.78 is 5.53. The maximum atomic E-state index is 12.1. The third kappa shape index (κ3) is 3.66. The lowest BCUT2D eigenvalue weighted by molar-refractivity contribution is -0.136. The van der Waals surface area contributed by atoms with Gasteiger partial charge in [-0.05, 0) is 18.8 Å². The first-order chi connectivity index (χ1) is 8.29. The first-order valence-corrected chi connectivity index (χ1v) is 6.50. The lowest BCUT2D eigenvalue weighted by Crippen LogP contribution is -2.45. The number of nitrogens with one attached hydrogen (secondary N) is 1. The molecule has 2 fully saturated rings. The number of hydrogen-bond donors (Lipinski definition) is 2. The summed E-state index contributed by atoms with van der Waals surface area (Å²) in [5, 5.41) is 12.4. The quantitative estimate of drug-likeness (QED) is 0.706. The number of carbonyl (C=O) groups excluding carboxylic acids is 1. The number of ether oxygens (including phenoxy) is 1. The van der Waals surface area contributed by atoms with Crippen LogP contribution in [0.3, 0.4) is 0 Å². The van der Waals surface area contributed by atoms with E-state index >= 15 is 0 Å². The van der Waals surface area contributed by atoms with Crippen LogP contribution in [0.15, 0.2) is 0 Å². The molecule has 0 aliphatic carbocycles. The molecule has 0 spiro atoms. The van der Waals surface area contributed by atoms with E-state index in [0.29, 0.717) is 19.6 Å². The molecule has 0 saturated carbocycles. The minimum atomic E-state index is 0.0192. The molecular formula is C12H22N2O3. The lowest BCUT2D eigenvalue weighted by atomic mass is 9.98. The molecule has 2 atom stereocenters. The summed E-state index contributed by atoms with van der Waals surface area (Å²) in [6.45, 7) is 4.05. The van der Waals surface area contributed by atoms with Crippen LogP contribution in [0.2, 0.25) is 0 Å². The lowest BCUT2D eigenvalue weighted by Gasteiger charge is -2.33. The van der Waals surface area contributed by atoms with Gasteiger partial charge >= 0.3 is 0 Å². The smallest absolute Gasteiger partial charge is 0.225 e. The fourth-order valence-electron chi connectivity index (χ4n) is 2.52. The monoisotopic (exact) mass is 242 g/mol. The molecule has 0 aromatic rings. The number of piperidine rings is 1. The zero-order valence-corrected chi connectivity index (χ0v) is 10.2. The van der Waals surface area contributed by atoms with Gasteiger partial charge < -0.3 is 20.1 Å². The number of nitrogens with zero attached hydrogens (tertiary/aromatic N) is 1. The molecule has 2 heterocycles. The predicted molar refractivity (Wildman–Crippen MR) is 63.6 cm³/mol. The first-order valence-electron chi connectivity index (χ1n) is 6.50. The van der Waals surface area contributed by atoms with Crippen molar-refractivity contribution in [3.8, 4) is 0 Å². The summed E-state index contributed by atoms with van der Waals surface area (Å²) >= 11 is 0. The van der Waals surface area contributed by atoms with Crippen LogP contribution in [-0.4, -0.2) is 61.4 Å². The molecule has 5 heteroatoms. The summed E-state index contributed by atoms with van der Waals surface area (Å²) in [4.78, 5) is 13.9. The molecule has 2 unspecified atom stereocenters. The largest absolute Gasteiger partial charge is 0.396 e. The molecule has 2 aliphatic rings. The number of carbonyl (C=O) groups is 1. The van der Waals surface area contributed by atoms with Crippen LogP contribution in [0, 0.1) is 5.92 Å². The SMILES string of the molecule is O=C(CC1CNCCO1)N1CCCC(CO)C1. The average molecular weight is 242 g/mol. The summed E-state index contributed by atoms with van der Waals surface area (Å²) in [6, 6.07) is 0. The summed E-state index contributed by atoms with van der Waals surface area (Å²) in [7, 11) is 0. The Morgan fingerprint density at radius 2 is 2.41 bits per heavy atom. The summed E-state index contributed by atoms with van der Waals surface area (Å²) in [6.07, 6.45) is 2.51. The van der Waals surface area contributed by atoms with Crippen LogP contribution in [0.4, 0.5) is 0 Å². The minimum absolute atomic E-state index is 0.0192. The van der Waals surface area contributed by atoms with E-state index in [1.807, 2.05) is 4.90 Å². The van der Waals surface area contributed by atoms with Crippen molar-refractivity contribution < 1.29 is 14.6 Å². The van der Waals surface area contributed by atoms with Gasteiger partial charge in [0, 0.05) is 32.8 Å². The van der Waals surface area contributed by atoms with E-state index in [2.05, 4.69) is 5.32 Å². The van der Waals surface area contributed by atoms with Gasteiger partial charge in [0.05, 0.1) is 19.1 Å². The van der Waals surface area contributed by atoms with Gasteiger partial charge in [-0.25, -0.2) is 0 Å². The Hall–Kier alpha value is -0.650. The maximum Gasteiger partial charge on any atom is 0.225 e. The fraction of sp³-hybridized carbons (Fsp3) is 0.917. The van der Waals surface area contributed by atoms with Crippen LogP contribution in [0.5, 0.6) is 0 Å². The van der Waals surface area contributed by atoms with E-state index in [-0.39, 0.29) is 24.5 Å². The minimum Gasteiger partial charge on any atom is -0.396 e. The van der Waals surface area contributed by atoms with Gasteiger partial charge in [-0.1, -0.05) is 0 Å². The van der Waals surface area contributed by atoms with Crippen molar-refractivity contribution in [1.82, 2.24) is 10.2 Å². The predicted octanol–water partition coefficient (Wildman–Crippen LogP) is -0.404. The Morgan fingerprint density at radius 1 is 1.53 bits per heavy atom. The van der Waals surface area contributed by atoms with Crippen LogP contribution in [-0.2, 0) is 9.53 Å². The molecule has 17 heavy (non-hydrogen) atoms. The van der Waals surface area contributed by atoms with Gasteiger partial charge in [0.1, 0.15) is 0 Å². The second kappa shape index (κ2) is 6.33. The maximum absolute atomic E-state index is 12.1. The van der Waals surface area contributed by atoms with Gasteiger partial charge in [-0.2, -0.15) is 0 Å². The second-order valence-corrected chi connectivity index (χ2v) is 4.93. The van der Waals surface area contributed by atoms with Gasteiger partial charge in [0.2, 0.25) is 5.91 Å². The highest BCUT2D eigenvalue weighted by Gasteiger charge is 2.26. The zero-order chi connectivity index (χ0) is 12.1. The molecule has 5 nitrogen and oxygen atoms in total. The Morgan fingerprint density at radius 3 is 3.12 bits per heavy atom. The molecular weight excluding hydrogens is 220 g/mol. The third-order valence-electron chi connectivity index (χ3n) is 3.54. The molecule has 2 rings (SSSR count). The first kappa shape index (κ1) is 12.8. The number of amides is 1. The van der Waals surface area contributed by atoms with Gasteiger partial charge in [0.15, 0.2) is 0 Å². The fourth-order valence-corrected chi connectivity index (χ4v) is 2.52. The Kier molecular flexibility index (Phi) is 4.76. The second-order valence-electron chi connectivity index (χ2n) is 4.93. The van der Waals surface area contributed by atoms with Crippen LogP contribution in [0.25, 0.3) is 0 Å². The van der Waals surface area contributed by atoms with E-state index in [9.17, 15) is 4.79 Å². The Labute approximate surface area is 102 Å². The molecule has 0 bridgehead atoms. The topological polar surface area (TPSA) is 61.8 Å². The number of aliphatic hydroxyl groups excluding tert-OH is 1. The van der Waals surface area contributed by atoms with Crippen LogP contribution >= 0.6 is 0 Å². The molecule has 2 saturated heterocycles. The highest BCUT2D eigenvalue weighted by atomic mass is 16.5. The van der Waals surface area contributed by atoms with Crippen molar-refractivity contribution in [3.05, 3.63) is 0 Å². The van der Waals surface area contributed by atoms with Gasteiger partial charge in [-0.15, -0.1) is 0 Å². The molecule has 0 aromatic heterocycles. The summed E-state index contributed by atoms with van der Waals surface area (Å²) in [5.41, 5.74) is 0. The number of hydrogen-bond acceptors (Lipinski definition) is 4. The average Bonchev–Trinajstić information content (AvgIpc) is 2.40. The molecule has 98 valence electrons. The number of likely N-dealkylation sites (tertiary alicyclic amines) is 1. The van der Waals surface area contributed by atoms with Crippen molar-refractivity contribution in [3.63, 3.8) is 0 Å². The van der Waals surface area contributed by atoms with Gasteiger partial charge in [-0.3, -0.25) is 4.79 Å². The highest BCUT2D eigenvalue weighted by Crippen LogP contribution is 2.17. The third-order valence-corrected chi connectivity index (χ3v) is 3.54. The van der Waals surface area contributed by atoms with Gasteiger partial charge in [0.25, 0.3) is 0 Å². The standard InChI is InChI=1S/C12H22N2O3/c15-9-10-2-1-4-14(8-10)12(16)6-11-7-13-3-5-17-11/h10-11,13,15H,1-9H2. The number of rotatable bonds is 3. The van der Waals surface area contributed by atoms with E-state index in [1.54, 1.807) is 0 Å². The molecule has 0 radical (unpaired) electrons. The summed E-state index contributed by atoms with van der Waals surface area (Å²) in [5.74, 6) is 0.426. The Bertz CT molecular complexity index is 254. The van der Waals surface area contributed by atoms with Crippen LogP contribution < -0.4 is 5.32 Å². The van der Waals surface area contributed by atoms with Crippen molar-refractivity contribution in [2.24, 2.45) is 5.92 Å². The molecule has 2 aliphatic heterocycles. The number of morpholine rings is 1. The van der Waals surface area contributed by atoms with Crippen molar-refractivity contribution in [1.29, 1.82) is 0 Å². The zero-order valence-electron chi connectivity index (χ0n) is 10.2. The highest BCUT2D eigenvalue weighted by molar-refractivity contribution is 5.76. The van der Waals surface area contributed by atoms with Crippen molar-refractivity contribution in [2.75, 3.05) is 39.4 Å². The van der Waals surface area contributed by atoms with E-state index < -0.39 is 0 Å². The normalized spacial score (nSPS) is 30.3. The van der Waals surface area contributed by atoms with E-state index in [4.69, 9.17) is 9.84 Å².